The van der Waals surface area contributed by atoms with E-state index in [0.29, 0.717) is 23.6 Å². The highest BCUT2D eigenvalue weighted by Gasteiger charge is 2.16. The van der Waals surface area contributed by atoms with Gasteiger partial charge in [-0.2, -0.15) is 0 Å². The number of nitrogens with zero attached hydrogens (tertiary/aromatic N) is 1. The van der Waals surface area contributed by atoms with Crippen molar-refractivity contribution in [1.29, 1.82) is 0 Å². The van der Waals surface area contributed by atoms with Crippen molar-refractivity contribution in [2.24, 2.45) is 0 Å². The second-order valence-electron chi connectivity index (χ2n) is 6.68. The number of hydrogen-bond donors (Lipinski definition) is 2. The molecule has 0 fully saturated rings. The Morgan fingerprint density at radius 1 is 1.04 bits per heavy atom. The second kappa shape index (κ2) is 9.75. The van der Waals surface area contributed by atoms with Gasteiger partial charge >= 0.3 is 0 Å². The van der Waals surface area contributed by atoms with Crippen LogP contribution in [-0.2, 0) is 11.3 Å². The highest BCUT2D eigenvalue weighted by atomic mass is 16.7. The minimum atomic E-state index is -0.323. The predicted octanol–water partition coefficient (Wildman–Crippen LogP) is 1.78. The first-order valence-corrected chi connectivity index (χ1v) is 9.29. The van der Waals surface area contributed by atoms with E-state index in [1.54, 1.807) is 18.2 Å². The molecule has 0 unspecified atom stereocenters. The smallest absolute Gasteiger partial charge is 0.251 e. The van der Waals surface area contributed by atoms with Gasteiger partial charge in [-0.3, -0.25) is 9.59 Å². The fourth-order valence-electron chi connectivity index (χ4n) is 2.91. The van der Waals surface area contributed by atoms with Crippen molar-refractivity contribution in [2.75, 3.05) is 33.5 Å². The van der Waals surface area contributed by atoms with Crippen molar-refractivity contribution in [3.8, 4) is 11.5 Å². The number of hydrogen-bond acceptors (Lipinski definition) is 5. The van der Waals surface area contributed by atoms with E-state index < -0.39 is 0 Å². The van der Waals surface area contributed by atoms with Crippen molar-refractivity contribution < 1.29 is 19.1 Å². The summed E-state index contributed by atoms with van der Waals surface area (Å²) < 4.78 is 10.5. The molecular formula is C21H25N3O4. The Hall–Kier alpha value is -3.06. The lowest BCUT2D eigenvalue weighted by Gasteiger charge is -2.16. The van der Waals surface area contributed by atoms with Gasteiger partial charge in [0.15, 0.2) is 11.5 Å². The Kier molecular flexibility index (Phi) is 6.86. The molecule has 0 saturated carbocycles. The van der Waals surface area contributed by atoms with Gasteiger partial charge in [0.25, 0.3) is 5.91 Å². The van der Waals surface area contributed by atoms with Crippen LogP contribution in [0.1, 0.15) is 22.3 Å². The molecule has 1 heterocycles. The number of rotatable bonds is 9. The highest BCUT2D eigenvalue weighted by molar-refractivity contribution is 5.97. The summed E-state index contributed by atoms with van der Waals surface area (Å²) in [7, 11) is 2.06. The van der Waals surface area contributed by atoms with Crippen LogP contribution in [0.5, 0.6) is 11.5 Å². The number of carbonyl (C=O) groups excluding carboxylic acids is 2. The van der Waals surface area contributed by atoms with Gasteiger partial charge in [0.2, 0.25) is 12.7 Å². The van der Waals surface area contributed by atoms with Gasteiger partial charge in [0.05, 0.1) is 6.54 Å². The van der Waals surface area contributed by atoms with Crippen LogP contribution in [0.15, 0.2) is 48.5 Å². The van der Waals surface area contributed by atoms with E-state index in [-0.39, 0.29) is 25.2 Å². The van der Waals surface area contributed by atoms with Crippen molar-refractivity contribution in [3.05, 3.63) is 59.7 Å². The molecule has 7 heteroatoms. The molecule has 0 aliphatic carbocycles. The van der Waals surface area contributed by atoms with Gasteiger partial charge in [-0.1, -0.05) is 30.3 Å². The molecule has 28 heavy (non-hydrogen) atoms. The molecule has 2 amide bonds. The summed E-state index contributed by atoms with van der Waals surface area (Å²) in [5, 5.41) is 5.44. The molecule has 1 aliphatic heterocycles. The number of benzene rings is 2. The summed E-state index contributed by atoms with van der Waals surface area (Å²) in [6.45, 7) is 2.41. The van der Waals surface area contributed by atoms with Gasteiger partial charge in [0.1, 0.15) is 0 Å². The van der Waals surface area contributed by atoms with E-state index in [0.717, 1.165) is 19.5 Å². The first kappa shape index (κ1) is 19.7. The Labute approximate surface area is 164 Å². The third kappa shape index (κ3) is 5.72. The Morgan fingerprint density at radius 2 is 1.82 bits per heavy atom. The Morgan fingerprint density at radius 3 is 2.64 bits per heavy atom. The molecule has 0 bridgehead atoms. The maximum atomic E-state index is 12.1. The summed E-state index contributed by atoms with van der Waals surface area (Å²) >= 11 is 0. The summed E-state index contributed by atoms with van der Waals surface area (Å²) in [4.78, 5) is 26.3. The summed E-state index contributed by atoms with van der Waals surface area (Å²) in [5.41, 5.74) is 1.69. The fraction of sp³-hybridized carbons (Fsp3) is 0.333. The molecule has 0 aromatic heterocycles. The minimum Gasteiger partial charge on any atom is -0.454 e. The van der Waals surface area contributed by atoms with E-state index in [2.05, 4.69) is 34.7 Å². The molecule has 0 saturated heterocycles. The maximum Gasteiger partial charge on any atom is 0.251 e. The molecule has 0 spiro atoms. The van der Waals surface area contributed by atoms with E-state index in [9.17, 15) is 9.59 Å². The van der Waals surface area contributed by atoms with Crippen LogP contribution >= 0.6 is 0 Å². The number of amides is 2. The van der Waals surface area contributed by atoms with Gasteiger partial charge in [0, 0.05) is 18.7 Å². The zero-order valence-electron chi connectivity index (χ0n) is 15.9. The number of fused-ring (bicyclic) bond motifs is 1. The van der Waals surface area contributed by atoms with Gasteiger partial charge in [-0.25, -0.2) is 0 Å². The van der Waals surface area contributed by atoms with Crippen molar-refractivity contribution in [3.63, 3.8) is 0 Å². The van der Waals surface area contributed by atoms with Crippen molar-refractivity contribution in [2.45, 2.75) is 13.0 Å². The SMILES string of the molecule is CN(CCCNC(=O)CNC(=O)c1ccc2c(c1)OCO2)Cc1ccccc1. The minimum absolute atomic E-state index is 0.0624. The molecule has 148 valence electrons. The molecule has 7 nitrogen and oxygen atoms in total. The van der Waals surface area contributed by atoms with Crippen LogP contribution in [0.3, 0.4) is 0 Å². The molecule has 2 aromatic rings. The van der Waals surface area contributed by atoms with Gasteiger partial charge in [-0.05, 0) is 43.8 Å². The van der Waals surface area contributed by atoms with Gasteiger partial charge in [-0.15, -0.1) is 0 Å². The first-order valence-electron chi connectivity index (χ1n) is 9.29. The Bertz CT molecular complexity index is 811. The third-order valence-electron chi connectivity index (χ3n) is 4.38. The van der Waals surface area contributed by atoms with Crippen LogP contribution in [-0.4, -0.2) is 50.2 Å². The normalized spacial score (nSPS) is 12.1. The van der Waals surface area contributed by atoms with Gasteiger partial charge < -0.3 is 25.0 Å². The van der Waals surface area contributed by atoms with E-state index in [1.165, 1.54) is 5.56 Å². The quantitative estimate of drug-likeness (QED) is 0.646. The Balaban J connectivity index is 1.30. The first-order chi connectivity index (χ1) is 13.6. The van der Waals surface area contributed by atoms with Crippen molar-refractivity contribution >= 4 is 11.8 Å². The van der Waals surface area contributed by atoms with Crippen LogP contribution < -0.4 is 20.1 Å². The van der Waals surface area contributed by atoms with Crippen molar-refractivity contribution in [1.82, 2.24) is 15.5 Å². The lowest BCUT2D eigenvalue weighted by atomic mass is 10.2. The second-order valence-corrected chi connectivity index (χ2v) is 6.68. The molecule has 0 atom stereocenters. The molecule has 3 rings (SSSR count). The van der Waals surface area contributed by atoms with E-state index >= 15 is 0 Å². The van der Waals surface area contributed by atoms with Crippen LogP contribution in [0.25, 0.3) is 0 Å². The lowest BCUT2D eigenvalue weighted by Crippen LogP contribution is -2.37. The lowest BCUT2D eigenvalue weighted by molar-refractivity contribution is -0.120. The zero-order valence-corrected chi connectivity index (χ0v) is 15.9. The standard InChI is InChI=1S/C21H25N3O4/c1-24(14-16-6-3-2-4-7-16)11-5-10-22-20(25)13-23-21(26)17-8-9-18-19(12-17)28-15-27-18/h2-4,6-9,12H,5,10-11,13-15H2,1H3,(H,22,25)(H,23,26). The van der Waals surface area contributed by atoms with E-state index in [1.807, 2.05) is 18.2 Å². The molecule has 2 aromatic carbocycles. The largest absolute Gasteiger partial charge is 0.454 e. The van der Waals surface area contributed by atoms with Crippen LogP contribution in [0.2, 0.25) is 0 Å². The fourth-order valence-corrected chi connectivity index (χ4v) is 2.91. The highest BCUT2D eigenvalue weighted by Crippen LogP contribution is 2.32. The number of carbonyl (C=O) groups is 2. The summed E-state index contributed by atoms with van der Waals surface area (Å²) in [6, 6.07) is 15.2. The molecule has 0 radical (unpaired) electrons. The van der Waals surface area contributed by atoms with Crippen LogP contribution in [0.4, 0.5) is 0 Å². The topological polar surface area (TPSA) is 79.9 Å². The average Bonchev–Trinajstić information content (AvgIpc) is 3.18. The summed E-state index contributed by atoms with van der Waals surface area (Å²) in [6.07, 6.45) is 0.838. The van der Waals surface area contributed by atoms with E-state index in [4.69, 9.17) is 9.47 Å². The van der Waals surface area contributed by atoms with Crippen LogP contribution in [0, 0.1) is 0 Å². The predicted molar refractivity (Wildman–Crippen MR) is 105 cm³/mol. The number of ether oxygens (including phenoxy) is 2. The molecule has 2 N–H and O–H groups in total. The third-order valence-corrected chi connectivity index (χ3v) is 4.38. The maximum absolute atomic E-state index is 12.1. The molecule has 1 aliphatic rings. The average molecular weight is 383 g/mol. The summed E-state index contributed by atoms with van der Waals surface area (Å²) in [5.74, 6) is 0.624. The zero-order chi connectivity index (χ0) is 19.8. The molecular weight excluding hydrogens is 358 g/mol. The monoisotopic (exact) mass is 383 g/mol. The number of nitrogens with one attached hydrogen (secondary N) is 2.